The van der Waals surface area contributed by atoms with E-state index in [1.807, 2.05) is 31.2 Å². The molecule has 0 fully saturated rings. The zero-order valence-corrected chi connectivity index (χ0v) is 20.4. The molecular formula is C24H23BrN2O4S. The molecule has 0 aliphatic carbocycles. The minimum atomic E-state index is -3.91. The van der Waals surface area contributed by atoms with Gasteiger partial charge in [-0.15, -0.1) is 0 Å². The van der Waals surface area contributed by atoms with E-state index in [1.54, 1.807) is 56.7 Å². The van der Waals surface area contributed by atoms with E-state index in [2.05, 4.69) is 21.0 Å². The van der Waals surface area contributed by atoms with Gasteiger partial charge in [0.15, 0.2) is 0 Å². The predicted octanol–water partition coefficient (Wildman–Crippen LogP) is 5.31. The van der Waals surface area contributed by atoms with Crippen LogP contribution >= 0.6 is 15.9 Å². The van der Waals surface area contributed by atoms with Gasteiger partial charge in [0.05, 0.1) is 30.9 Å². The second kappa shape index (κ2) is 8.96. The highest BCUT2D eigenvalue weighted by molar-refractivity contribution is 9.10. The van der Waals surface area contributed by atoms with Gasteiger partial charge < -0.3 is 9.47 Å². The monoisotopic (exact) mass is 514 g/mol. The number of rotatable bonds is 6. The lowest BCUT2D eigenvalue weighted by atomic mass is 9.98. The first-order valence-electron chi connectivity index (χ1n) is 10.00. The number of hydrogen-bond acceptors (Lipinski definition) is 5. The molecule has 3 aromatic rings. The van der Waals surface area contributed by atoms with E-state index in [0.717, 1.165) is 15.6 Å². The van der Waals surface area contributed by atoms with E-state index >= 15 is 0 Å². The molecule has 0 saturated heterocycles. The van der Waals surface area contributed by atoms with E-state index < -0.39 is 16.1 Å². The van der Waals surface area contributed by atoms with Gasteiger partial charge in [-0.2, -0.15) is 17.9 Å². The molecule has 0 spiro atoms. The van der Waals surface area contributed by atoms with Gasteiger partial charge in [0.25, 0.3) is 10.0 Å². The van der Waals surface area contributed by atoms with Crippen LogP contribution in [0.1, 0.15) is 29.2 Å². The van der Waals surface area contributed by atoms with Crippen molar-refractivity contribution in [1.29, 1.82) is 0 Å². The Morgan fingerprint density at radius 1 is 0.969 bits per heavy atom. The third-order valence-corrected chi connectivity index (χ3v) is 7.64. The van der Waals surface area contributed by atoms with Crippen molar-refractivity contribution in [3.05, 3.63) is 87.9 Å². The average molecular weight is 515 g/mol. The molecule has 6 nitrogen and oxygen atoms in total. The number of benzene rings is 3. The van der Waals surface area contributed by atoms with E-state index in [1.165, 1.54) is 4.41 Å². The average Bonchev–Trinajstić information content (AvgIpc) is 3.25. The van der Waals surface area contributed by atoms with Crippen molar-refractivity contribution < 1.29 is 17.9 Å². The summed E-state index contributed by atoms with van der Waals surface area (Å²) in [6.07, 6.45) is 0.399. The standard InChI is InChI=1S/C24H23BrN2O4S/c1-16-4-11-20(12-5-16)32(28,29)27-23(21-14-19(30-2)10-13-24(21)31-3)15-22(26-27)17-6-8-18(25)9-7-17/h4-14,23H,15H2,1-3H3/t23-/m0/s1. The Bertz CT molecular complexity index is 1260. The maximum atomic E-state index is 13.7. The summed E-state index contributed by atoms with van der Waals surface area (Å²) in [5.41, 5.74) is 3.22. The summed E-state index contributed by atoms with van der Waals surface area (Å²) in [4.78, 5) is 0.191. The highest BCUT2D eigenvalue weighted by Crippen LogP contribution is 2.42. The molecule has 8 heteroatoms. The van der Waals surface area contributed by atoms with Crippen LogP contribution < -0.4 is 9.47 Å². The van der Waals surface area contributed by atoms with Crippen molar-refractivity contribution in [3.8, 4) is 11.5 Å². The van der Waals surface area contributed by atoms with E-state index in [9.17, 15) is 8.42 Å². The molecule has 0 N–H and O–H groups in total. The first-order valence-corrected chi connectivity index (χ1v) is 12.2. The van der Waals surface area contributed by atoms with E-state index in [-0.39, 0.29) is 4.90 Å². The topological polar surface area (TPSA) is 68.2 Å². The number of halogens is 1. The lowest BCUT2D eigenvalue weighted by Crippen LogP contribution is -2.27. The van der Waals surface area contributed by atoms with Crippen LogP contribution in [0.15, 0.2) is 81.2 Å². The minimum Gasteiger partial charge on any atom is -0.497 e. The maximum absolute atomic E-state index is 13.7. The van der Waals surface area contributed by atoms with Gasteiger partial charge in [-0.25, -0.2) is 0 Å². The zero-order valence-electron chi connectivity index (χ0n) is 17.9. The summed E-state index contributed by atoms with van der Waals surface area (Å²) in [5, 5.41) is 4.60. The van der Waals surface area contributed by atoms with Gasteiger partial charge in [0.1, 0.15) is 11.5 Å². The van der Waals surface area contributed by atoms with Crippen LogP contribution in [0.25, 0.3) is 0 Å². The predicted molar refractivity (Wildman–Crippen MR) is 128 cm³/mol. The van der Waals surface area contributed by atoms with Crippen LogP contribution in [-0.4, -0.2) is 32.8 Å². The van der Waals surface area contributed by atoms with Crippen molar-refractivity contribution in [2.75, 3.05) is 14.2 Å². The molecular weight excluding hydrogens is 492 g/mol. The summed E-state index contributed by atoms with van der Waals surface area (Å²) >= 11 is 3.44. The Balaban J connectivity index is 1.85. The molecule has 1 aliphatic heterocycles. The van der Waals surface area contributed by atoms with Crippen molar-refractivity contribution in [2.45, 2.75) is 24.3 Å². The molecule has 4 rings (SSSR count). The first-order chi connectivity index (χ1) is 15.3. The Morgan fingerprint density at radius 2 is 1.66 bits per heavy atom. The van der Waals surface area contributed by atoms with Gasteiger partial charge >= 0.3 is 0 Å². The number of hydrazone groups is 1. The number of hydrogen-bond donors (Lipinski definition) is 0. The quantitative estimate of drug-likeness (QED) is 0.446. The first kappa shape index (κ1) is 22.4. The lowest BCUT2D eigenvalue weighted by Gasteiger charge is -2.25. The van der Waals surface area contributed by atoms with E-state index in [4.69, 9.17) is 9.47 Å². The molecule has 0 saturated carbocycles. The van der Waals surface area contributed by atoms with Gasteiger partial charge in [0.2, 0.25) is 0 Å². The highest BCUT2D eigenvalue weighted by atomic mass is 79.9. The number of aryl methyl sites for hydroxylation is 1. The smallest absolute Gasteiger partial charge is 0.279 e. The van der Waals surface area contributed by atoms with E-state index in [0.29, 0.717) is 29.2 Å². The summed E-state index contributed by atoms with van der Waals surface area (Å²) in [6, 6.07) is 19.2. The van der Waals surface area contributed by atoms with Gasteiger partial charge in [-0.1, -0.05) is 45.8 Å². The Hall–Kier alpha value is -2.84. The Labute approximate surface area is 196 Å². The third kappa shape index (κ3) is 4.25. The fraction of sp³-hybridized carbons (Fsp3) is 0.208. The molecule has 0 aromatic heterocycles. The van der Waals surface area contributed by atoms with Crippen molar-refractivity contribution in [3.63, 3.8) is 0 Å². The van der Waals surface area contributed by atoms with Crippen LogP contribution in [0.4, 0.5) is 0 Å². The summed E-state index contributed by atoms with van der Waals surface area (Å²) in [6.45, 7) is 1.92. The highest BCUT2D eigenvalue weighted by Gasteiger charge is 2.39. The fourth-order valence-corrected chi connectivity index (χ4v) is 5.37. The number of sulfonamides is 1. The van der Waals surface area contributed by atoms with Crippen LogP contribution in [-0.2, 0) is 10.0 Å². The molecule has 1 heterocycles. The normalized spacial score (nSPS) is 16.1. The van der Waals surface area contributed by atoms with Gasteiger partial charge in [0, 0.05) is 16.5 Å². The molecule has 3 aromatic carbocycles. The molecule has 0 radical (unpaired) electrons. The molecule has 0 unspecified atom stereocenters. The second-order valence-electron chi connectivity index (χ2n) is 7.47. The van der Waals surface area contributed by atoms with Crippen molar-refractivity contribution in [2.24, 2.45) is 5.10 Å². The number of methoxy groups -OCH3 is 2. The molecule has 1 atom stereocenters. The number of nitrogens with zero attached hydrogens (tertiary/aromatic N) is 2. The third-order valence-electron chi connectivity index (χ3n) is 5.41. The van der Waals surface area contributed by atoms with Crippen LogP contribution in [0.5, 0.6) is 11.5 Å². The largest absolute Gasteiger partial charge is 0.497 e. The van der Waals surface area contributed by atoms with Crippen LogP contribution in [0.2, 0.25) is 0 Å². The SMILES string of the molecule is COc1ccc(OC)c([C@@H]2CC(c3ccc(Br)cc3)=NN2S(=O)(=O)c2ccc(C)cc2)c1. The molecule has 0 bridgehead atoms. The summed E-state index contributed by atoms with van der Waals surface area (Å²) < 4.78 is 40.4. The van der Waals surface area contributed by atoms with Crippen molar-refractivity contribution >= 4 is 31.7 Å². The zero-order chi connectivity index (χ0) is 22.9. The van der Waals surface area contributed by atoms with Crippen LogP contribution in [0.3, 0.4) is 0 Å². The second-order valence-corrected chi connectivity index (χ2v) is 10.2. The van der Waals surface area contributed by atoms with Gasteiger partial charge in [-0.05, 0) is 55.0 Å². The summed E-state index contributed by atoms with van der Waals surface area (Å²) in [7, 11) is -0.767. The molecule has 0 amide bonds. The maximum Gasteiger partial charge on any atom is 0.279 e. The Morgan fingerprint density at radius 3 is 2.28 bits per heavy atom. The fourth-order valence-electron chi connectivity index (χ4n) is 3.68. The molecule has 1 aliphatic rings. The number of ether oxygens (including phenoxy) is 2. The lowest BCUT2D eigenvalue weighted by molar-refractivity contribution is 0.346. The summed E-state index contributed by atoms with van der Waals surface area (Å²) in [5.74, 6) is 1.19. The van der Waals surface area contributed by atoms with Gasteiger partial charge in [-0.3, -0.25) is 0 Å². The molecule has 32 heavy (non-hydrogen) atoms. The Kier molecular flexibility index (Phi) is 6.26. The minimum absolute atomic E-state index is 0.191. The van der Waals surface area contributed by atoms with Crippen molar-refractivity contribution in [1.82, 2.24) is 4.41 Å². The van der Waals surface area contributed by atoms with Crippen LogP contribution in [0, 0.1) is 6.92 Å². The molecule has 166 valence electrons.